The second-order valence-electron chi connectivity index (χ2n) is 5.93. The molecular formula is C17H25NO4. The van der Waals surface area contributed by atoms with Crippen LogP contribution >= 0.6 is 0 Å². The molecule has 5 heteroatoms. The van der Waals surface area contributed by atoms with E-state index in [9.17, 15) is 9.59 Å². The Morgan fingerprint density at radius 1 is 1.14 bits per heavy atom. The Balaban J connectivity index is 2.39. The predicted molar refractivity (Wildman–Crippen MR) is 84.6 cm³/mol. The zero-order chi connectivity index (χ0) is 16.6. The maximum Gasteiger partial charge on any atom is 0.338 e. The van der Waals surface area contributed by atoms with Gasteiger partial charge in [0.25, 0.3) is 0 Å². The molecule has 0 aliphatic carbocycles. The standard InChI is InChI=1S/C17H25NO4/c1-5-21-15(19)10-11-18-12-13-6-8-14(9-7-13)16(20)22-17(2,3)4/h6-9,18H,5,10-12H2,1-4H3. The number of nitrogens with one attached hydrogen (secondary N) is 1. The third-order valence-corrected chi connectivity index (χ3v) is 2.73. The van der Waals surface area contributed by atoms with Gasteiger partial charge in [-0.3, -0.25) is 4.79 Å². The van der Waals surface area contributed by atoms with Crippen molar-refractivity contribution < 1.29 is 19.1 Å². The van der Waals surface area contributed by atoms with Crippen molar-refractivity contribution in [1.82, 2.24) is 5.32 Å². The first kappa shape index (κ1) is 18.2. The molecule has 0 unspecified atom stereocenters. The van der Waals surface area contributed by atoms with E-state index in [0.29, 0.717) is 31.7 Å². The maximum absolute atomic E-state index is 11.9. The van der Waals surface area contributed by atoms with E-state index >= 15 is 0 Å². The van der Waals surface area contributed by atoms with E-state index in [2.05, 4.69) is 5.32 Å². The van der Waals surface area contributed by atoms with Crippen LogP contribution in [0.5, 0.6) is 0 Å². The summed E-state index contributed by atoms with van der Waals surface area (Å²) >= 11 is 0. The van der Waals surface area contributed by atoms with Gasteiger partial charge in [0.15, 0.2) is 0 Å². The molecule has 0 fully saturated rings. The molecule has 0 bridgehead atoms. The lowest BCUT2D eigenvalue weighted by atomic mass is 10.1. The Morgan fingerprint density at radius 3 is 2.32 bits per heavy atom. The number of carbonyl (C=O) groups excluding carboxylic acids is 2. The van der Waals surface area contributed by atoms with Crippen molar-refractivity contribution in [3.8, 4) is 0 Å². The van der Waals surface area contributed by atoms with Crippen LogP contribution in [0.4, 0.5) is 0 Å². The minimum absolute atomic E-state index is 0.199. The fourth-order valence-electron chi connectivity index (χ4n) is 1.75. The van der Waals surface area contributed by atoms with Gasteiger partial charge in [0.2, 0.25) is 0 Å². The molecular weight excluding hydrogens is 282 g/mol. The Hall–Kier alpha value is -1.88. The van der Waals surface area contributed by atoms with Crippen LogP contribution in [0.1, 0.15) is 50.0 Å². The van der Waals surface area contributed by atoms with E-state index in [1.54, 1.807) is 19.1 Å². The third kappa shape index (κ3) is 7.22. The first-order valence-corrected chi connectivity index (χ1v) is 7.50. The molecule has 1 aromatic carbocycles. The molecule has 122 valence electrons. The summed E-state index contributed by atoms with van der Waals surface area (Å²) in [5.41, 5.74) is 1.08. The van der Waals surface area contributed by atoms with Crippen LogP contribution in [0.15, 0.2) is 24.3 Å². The van der Waals surface area contributed by atoms with Gasteiger partial charge >= 0.3 is 11.9 Å². The molecule has 1 aromatic rings. The SMILES string of the molecule is CCOC(=O)CCNCc1ccc(C(=O)OC(C)(C)C)cc1. The molecule has 22 heavy (non-hydrogen) atoms. The van der Waals surface area contributed by atoms with E-state index in [1.807, 2.05) is 32.9 Å². The fraction of sp³-hybridized carbons (Fsp3) is 0.529. The summed E-state index contributed by atoms with van der Waals surface area (Å²) in [5.74, 6) is -0.524. The summed E-state index contributed by atoms with van der Waals surface area (Å²) in [5, 5.41) is 3.16. The van der Waals surface area contributed by atoms with Crippen molar-refractivity contribution >= 4 is 11.9 Å². The topological polar surface area (TPSA) is 64.6 Å². The molecule has 0 saturated carbocycles. The molecule has 0 saturated heterocycles. The smallest absolute Gasteiger partial charge is 0.338 e. The van der Waals surface area contributed by atoms with Gasteiger partial charge in [-0.1, -0.05) is 12.1 Å². The van der Waals surface area contributed by atoms with Gasteiger partial charge in [-0.15, -0.1) is 0 Å². The van der Waals surface area contributed by atoms with Gasteiger partial charge in [-0.2, -0.15) is 0 Å². The maximum atomic E-state index is 11.9. The first-order chi connectivity index (χ1) is 10.3. The van der Waals surface area contributed by atoms with Crippen molar-refractivity contribution in [1.29, 1.82) is 0 Å². The lowest BCUT2D eigenvalue weighted by Crippen LogP contribution is -2.24. The highest BCUT2D eigenvalue weighted by Gasteiger charge is 2.17. The van der Waals surface area contributed by atoms with Crippen molar-refractivity contribution in [2.24, 2.45) is 0 Å². The lowest BCUT2D eigenvalue weighted by Gasteiger charge is -2.19. The Morgan fingerprint density at radius 2 is 1.77 bits per heavy atom. The summed E-state index contributed by atoms with van der Waals surface area (Å²) in [4.78, 5) is 23.1. The van der Waals surface area contributed by atoms with E-state index in [-0.39, 0.29) is 11.9 Å². The predicted octanol–water partition coefficient (Wildman–Crippen LogP) is 2.68. The molecule has 0 spiro atoms. The van der Waals surface area contributed by atoms with E-state index in [1.165, 1.54) is 0 Å². The van der Waals surface area contributed by atoms with E-state index in [4.69, 9.17) is 9.47 Å². The highest BCUT2D eigenvalue weighted by Crippen LogP contribution is 2.12. The lowest BCUT2D eigenvalue weighted by molar-refractivity contribution is -0.142. The summed E-state index contributed by atoms with van der Waals surface area (Å²) in [6.45, 7) is 8.91. The highest BCUT2D eigenvalue weighted by molar-refractivity contribution is 5.89. The van der Waals surface area contributed by atoms with E-state index in [0.717, 1.165) is 5.56 Å². The molecule has 0 radical (unpaired) electrons. The minimum atomic E-state index is -0.496. The van der Waals surface area contributed by atoms with Crippen molar-refractivity contribution in [3.05, 3.63) is 35.4 Å². The summed E-state index contributed by atoms with van der Waals surface area (Å²) in [6.07, 6.45) is 0.351. The number of ether oxygens (including phenoxy) is 2. The third-order valence-electron chi connectivity index (χ3n) is 2.73. The molecule has 0 atom stereocenters. The molecule has 0 heterocycles. The molecule has 0 aliphatic heterocycles. The second-order valence-corrected chi connectivity index (χ2v) is 5.93. The highest BCUT2D eigenvalue weighted by atomic mass is 16.6. The Bertz CT molecular complexity index is 488. The van der Waals surface area contributed by atoms with Crippen LogP contribution in [-0.4, -0.2) is 30.7 Å². The normalized spacial score (nSPS) is 11.1. The van der Waals surface area contributed by atoms with Crippen molar-refractivity contribution in [2.45, 2.75) is 46.3 Å². The number of hydrogen-bond acceptors (Lipinski definition) is 5. The molecule has 5 nitrogen and oxygen atoms in total. The fourth-order valence-corrected chi connectivity index (χ4v) is 1.75. The Labute approximate surface area is 132 Å². The van der Waals surface area contributed by atoms with Crippen LogP contribution < -0.4 is 5.32 Å². The summed E-state index contributed by atoms with van der Waals surface area (Å²) < 4.78 is 10.2. The summed E-state index contributed by atoms with van der Waals surface area (Å²) in [6, 6.07) is 7.24. The van der Waals surface area contributed by atoms with Gasteiger partial charge in [0.1, 0.15) is 5.60 Å². The monoisotopic (exact) mass is 307 g/mol. The minimum Gasteiger partial charge on any atom is -0.466 e. The number of benzene rings is 1. The zero-order valence-electron chi connectivity index (χ0n) is 13.8. The van der Waals surface area contributed by atoms with Gasteiger partial charge < -0.3 is 14.8 Å². The van der Waals surface area contributed by atoms with Crippen LogP contribution in [0.3, 0.4) is 0 Å². The van der Waals surface area contributed by atoms with Gasteiger partial charge in [0.05, 0.1) is 18.6 Å². The summed E-state index contributed by atoms with van der Waals surface area (Å²) in [7, 11) is 0. The largest absolute Gasteiger partial charge is 0.466 e. The van der Waals surface area contributed by atoms with Crippen LogP contribution in [0, 0.1) is 0 Å². The van der Waals surface area contributed by atoms with Crippen LogP contribution in [-0.2, 0) is 20.8 Å². The number of carbonyl (C=O) groups is 2. The van der Waals surface area contributed by atoms with Gasteiger partial charge in [0, 0.05) is 13.1 Å². The quantitative estimate of drug-likeness (QED) is 0.620. The van der Waals surface area contributed by atoms with Crippen LogP contribution in [0.25, 0.3) is 0 Å². The number of rotatable bonds is 7. The zero-order valence-corrected chi connectivity index (χ0v) is 13.8. The Kier molecular flexibility index (Phi) is 7.05. The molecule has 0 aliphatic rings. The molecule has 0 amide bonds. The first-order valence-electron chi connectivity index (χ1n) is 7.50. The second kappa shape index (κ2) is 8.54. The van der Waals surface area contributed by atoms with Crippen molar-refractivity contribution in [2.75, 3.05) is 13.2 Å². The molecule has 1 N–H and O–H groups in total. The molecule has 1 rings (SSSR count). The van der Waals surface area contributed by atoms with Crippen molar-refractivity contribution in [3.63, 3.8) is 0 Å². The van der Waals surface area contributed by atoms with E-state index < -0.39 is 5.60 Å². The van der Waals surface area contributed by atoms with Crippen LogP contribution in [0.2, 0.25) is 0 Å². The van der Waals surface area contributed by atoms with Gasteiger partial charge in [-0.05, 0) is 45.4 Å². The molecule has 0 aromatic heterocycles. The number of esters is 2. The number of hydrogen-bond donors (Lipinski definition) is 1. The average Bonchev–Trinajstić information content (AvgIpc) is 2.43. The van der Waals surface area contributed by atoms with Gasteiger partial charge in [-0.25, -0.2) is 4.79 Å². The average molecular weight is 307 g/mol.